The lowest BCUT2D eigenvalue weighted by Crippen LogP contribution is -2.01. The van der Waals surface area contributed by atoms with Gasteiger partial charge in [0.2, 0.25) is 0 Å². The highest BCUT2D eigenvalue weighted by molar-refractivity contribution is 6.13. The summed E-state index contributed by atoms with van der Waals surface area (Å²) in [4.78, 5) is 15.6. The number of hydrogen-bond acceptors (Lipinski definition) is 5. The van der Waals surface area contributed by atoms with E-state index < -0.39 is 0 Å². The van der Waals surface area contributed by atoms with Crippen LogP contribution in [0.3, 0.4) is 0 Å². The minimum absolute atomic E-state index is 0.581. The molecule has 0 aliphatic rings. The molecule has 0 aliphatic heterocycles. The van der Waals surface area contributed by atoms with Crippen LogP contribution in [0.15, 0.2) is 173 Å². The minimum Gasteiger partial charge on any atom is -0.456 e. The average Bonchev–Trinajstić information content (AvgIpc) is 3.77. The van der Waals surface area contributed by atoms with E-state index in [1.165, 1.54) is 16.3 Å². The summed E-state index contributed by atoms with van der Waals surface area (Å²) in [7, 11) is 0. The van der Waals surface area contributed by atoms with Crippen molar-refractivity contribution in [3.63, 3.8) is 0 Å². The molecule has 11 rings (SSSR count). The summed E-state index contributed by atoms with van der Waals surface area (Å²) in [5.41, 5.74) is 8.33. The molecule has 242 valence electrons. The van der Waals surface area contributed by atoms with Gasteiger partial charge in [0.1, 0.15) is 22.3 Å². The maximum atomic E-state index is 6.33. The fourth-order valence-corrected chi connectivity index (χ4v) is 7.67. The molecular weight excluding hydrogens is 639 g/mol. The molecule has 0 saturated carbocycles. The zero-order chi connectivity index (χ0) is 34.2. The van der Waals surface area contributed by atoms with Gasteiger partial charge >= 0.3 is 0 Å². The maximum absolute atomic E-state index is 6.33. The molecule has 0 spiro atoms. The molecule has 5 heteroatoms. The van der Waals surface area contributed by atoms with E-state index in [-0.39, 0.29) is 0 Å². The molecule has 0 N–H and O–H groups in total. The van der Waals surface area contributed by atoms with Crippen LogP contribution in [0.1, 0.15) is 0 Å². The molecule has 11 aromatic rings. The monoisotopic (exact) mass is 665 g/mol. The van der Waals surface area contributed by atoms with Crippen LogP contribution in [0.25, 0.3) is 111 Å². The Kier molecular flexibility index (Phi) is 6.18. The fraction of sp³-hybridized carbons (Fsp3) is 0. The summed E-state index contributed by atoms with van der Waals surface area (Å²) in [6.45, 7) is 0. The molecule has 52 heavy (non-hydrogen) atoms. The number of hydrogen-bond donors (Lipinski definition) is 0. The van der Waals surface area contributed by atoms with Crippen molar-refractivity contribution in [3.8, 4) is 45.3 Å². The topological polar surface area (TPSA) is 65.0 Å². The molecule has 0 fully saturated rings. The van der Waals surface area contributed by atoms with Gasteiger partial charge in [0.15, 0.2) is 17.5 Å². The van der Waals surface area contributed by atoms with Crippen LogP contribution >= 0.6 is 0 Å². The van der Waals surface area contributed by atoms with Gasteiger partial charge in [0, 0.05) is 38.2 Å². The number of nitrogens with zero attached hydrogens (tertiary/aromatic N) is 3. The molecule has 0 aliphatic carbocycles. The van der Waals surface area contributed by atoms with Gasteiger partial charge in [-0.15, -0.1) is 0 Å². The Morgan fingerprint density at radius 1 is 0.308 bits per heavy atom. The lowest BCUT2D eigenvalue weighted by Gasteiger charge is -2.12. The molecule has 0 amide bonds. The van der Waals surface area contributed by atoms with Crippen molar-refractivity contribution in [1.82, 2.24) is 15.0 Å². The van der Waals surface area contributed by atoms with Gasteiger partial charge in [-0.05, 0) is 63.0 Å². The Bertz CT molecular complexity index is 3190. The first-order valence-electron chi connectivity index (χ1n) is 17.3. The number of fused-ring (bicyclic) bond motifs is 8. The van der Waals surface area contributed by atoms with E-state index in [2.05, 4.69) is 115 Å². The van der Waals surface area contributed by atoms with E-state index in [0.29, 0.717) is 17.5 Å². The van der Waals surface area contributed by atoms with Gasteiger partial charge < -0.3 is 8.83 Å². The Balaban J connectivity index is 1.13. The quantitative estimate of drug-likeness (QED) is 0.187. The third kappa shape index (κ3) is 4.46. The number of aromatic nitrogens is 3. The van der Waals surface area contributed by atoms with Gasteiger partial charge in [0.05, 0.1) is 0 Å². The van der Waals surface area contributed by atoms with Crippen LogP contribution in [0, 0.1) is 0 Å². The number of para-hydroxylation sites is 2. The fourth-order valence-electron chi connectivity index (χ4n) is 7.67. The van der Waals surface area contributed by atoms with Gasteiger partial charge in [-0.3, -0.25) is 0 Å². The lowest BCUT2D eigenvalue weighted by atomic mass is 9.97. The van der Waals surface area contributed by atoms with E-state index in [1.54, 1.807) is 0 Å². The highest BCUT2D eigenvalue weighted by atomic mass is 16.3. The van der Waals surface area contributed by atoms with Crippen LogP contribution in [-0.2, 0) is 0 Å². The second-order valence-electron chi connectivity index (χ2n) is 13.2. The van der Waals surface area contributed by atoms with Gasteiger partial charge in [-0.1, -0.05) is 133 Å². The standard InChI is InChI=1S/C47H27N3O2/c1-2-13-32-28(10-1)11-7-16-33(32)29-22-24-30(25-23-29)45-48-46(50-47(49-45)37-18-9-21-42-44(37)36-15-4-6-20-41(36)51-42)35-17-8-12-31-26-39-34-14-3-5-19-40(34)52-43(39)27-38(31)35/h1-27H. The SMILES string of the molecule is c1ccc2c(-c3ccc(-c4nc(-c5cccc6cc7c(cc56)oc5ccccc57)nc(-c5cccc6oc7ccccc7c56)n4)cc3)cccc2c1. The highest BCUT2D eigenvalue weighted by Crippen LogP contribution is 2.39. The summed E-state index contributed by atoms with van der Waals surface area (Å²) in [5.74, 6) is 1.76. The zero-order valence-corrected chi connectivity index (χ0v) is 27.7. The molecule has 0 saturated heterocycles. The third-order valence-electron chi connectivity index (χ3n) is 10.1. The molecule has 0 atom stereocenters. The first kappa shape index (κ1) is 28.7. The summed E-state index contributed by atoms with van der Waals surface area (Å²) >= 11 is 0. The summed E-state index contributed by atoms with van der Waals surface area (Å²) in [6, 6.07) is 56.4. The van der Waals surface area contributed by atoms with Crippen LogP contribution in [0.4, 0.5) is 0 Å². The van der Waals surface area contributed by atoms with Gasteiger partial charge in [-0.2, -0.15) is 0 Å². The Morgan fingerprint density at radius 2 is 0.865 bits per heavy atom. The maximum Gasteiger partial charge on any atom is 0.164 e. The molecule has 0 radical (unpaired) electrons. The van der Waals surface area contributed by atoms with Crippen molar-refractivity contribution >= 4 is 65.4 Å². The Labute approximate surface area is 297 Å². The first-order chi connectivity index (χ1) is 25.7. The van der Waals surface area contributed by atoms with E-state index in [1.807, 2.05) is 48.5 Å². The normalized spacial score (nSPS) is 11.8. The van der Waals surface area contributed by atoms with Crippen molar-refractivity contribution in [2.75, 3.05) is 0 Å². The summed E-state index contributed by atoms with van der Waals surface area (Å²) in [6.07, 6.45) is 0. The van der Waals surface area contributed by atoms with Crippen LogP contribution in [0.5, 0.6) is 0 Å². The minimum atomic E-state index is 0.581. The lowest BCUT2D eigenvalue weighted by molar-refractivity contribution is 0.669. The molecule has 8 aromatic carbocycles. The molecule has 0 bridgehead atoms. The van der Waals surface area contributed by atoms with Crippen molar-refractivity contribution in [2.45, 2.75) is 0 Å². The summed E-state index contributed by atoms with van der Waals surface area (Å²) in [5, 5.41) is 8.72. The highest BCUT2D eigenvalue weighted by Gasteiger charge is 2.19. The van der Waals surface area contributed by atoms with Crippen LogP contribution in [0.2, 0.25) is 0 Å². The largest absolute Gasteiger partial charge is 0.456 e. The second-order valence-corrected chi connectivity index (χ2v) is 13.2. The van der Waals surface area contributed by atoms with Crippen molar-refractivity contribution < 1.29 is 8.83 Å². The van der Waals surface area contributed by atoms with Crippen LogP contribution in [-0.4, -0.2) is 15.0 Å². The number of benzene rings is 8. The Morgan fingerprint density at radius 3 is 1.71 bits per heavy atom. The van der Waals surface area contributed by atoms with E-state index in [4.69, 9.17) is 23.8 Å². The van der Waals surface area contributed by atoms with E-state index >= 15 is 0 Å². The molecular formula is C47H27N3O2. The third-order valence-corrected chi connectivity index (χ3v) is 10.1. The predicted molar refractivity (Wildman–Crippen MR) is 211 cm³/mol. The Hall–Kier alpha value is -7.11. The van der Waals surface area contributed by atoms with Crippen LogP contribution < -0.4 is 0 Å². The molecule has 3 heterocycles. The van der Waals surface area contributed by atoms with Crippen molar-refractivity contribution in [2.24, 2.45) is 0 Å². The van der Waals surface area contributed by atoms with E-state index in [9.17, 15) is 0 Å². The van der Waals surface area contributed by atoms with E-state index in [0.717, 1.165) is 76.9 Å². The molecule has 3 aromatic heterocycles. The molecule has 0 unspecified atom stereocenters. The van der Waals surface area contributed by atoms with Gasteiger partial charge in [0.25, 0.3) is 0 Å². The van der Waals surface area contributed by atoms with Crippen molar-refractivity contribution in [1.29, 1.82) is 0 Å². The summed E-state index contributed by atoms with van der Waals surface area (Å²) < 4.78 is 12.6. The molecule has 5 nitrogen and oxygen atoms in total. The number of furan rings is 2. The van der Waals surface area contributed by atoms with Gasteiger partial charge in [-0.25, -0.2) is 15.0 Å². The van der Waals surface area contributed by atoms with Crippen molar-refractivity contribution in [3.05, 3.63) is 164 Å². The zero-order valence-electron chi connectivity index (χ0n) is 27.7. The first-order valence-corrected chi connectivity index (χ1v) is 17.3. The smallest absolute Gasteiger partial charge is 0.164 e. The second kappa shape index (κ2) is 11.2. The average molecular weight is 666 g/mol. The number of rotatable bonds is 4. The predicted octanol–water partition coefficient (Wildman–Crippen LogP) is 12.6.